The molecule has 12 heteroatoms. The van der Waals surface area contributed by atoms with Crippen LogP contribution >= 0.6 is 0 Å². The average molecular weight is 495 g/mol. The topological polar surface area (TPSA) is 125 Å². The second-order valence-electron chi connectivity index (χ2n) is 10.7. The second-order valence-corrected chi connectivity index (χ2v) is 10.7. The Morgan fingerprint density at radius 1 is 0.824 bits per heavy atom. The summed E-state index contributed by atoms with van der Waals surface area (Å²) in [6.07, 6.45) is -5.61. The van der Waals surface area contributed by atoms with Gasteiger partial charge in [-0.15, -0.1) is 0 Å². The van der Waals surface area contributed by atoms with Gasteiger partial charge in [0.15, 0.2) is 0 Å². The highest BCUT2D eigenvalue weighted by Gasteiger charge is 2.43. The third kappa shape index (κ3) is 11.0. The van der Waals surface area contributed by atoms with Crippen molar-refractivity contribution >= 4 is 29.4 Å². The standard InChI is InChI=1S/C22H37F3N4O5/c1-12(17(32)22(23,24)25)26-18(33)13(10-15(31)29(8)9)27-19(34)16(21(5,6)7)28-14(30)11-20(2,3)4/h12-13,16H,10-11H2,1-9H3,(H,26,33)(H,27,34)(H,28,30)/t12-,13-,16+/m0/s1. The normalized spacial score (nSPS) is 14.9. The number of ketones is 1. The molecule has 0 rings (SSSR count). The molecule has 0 aliphatic carbocycles. The van der Waals surface area contributed by atoms with Gasteiger partial charge >= 0.3 is 6.18 Å². The number of hydrogen-bond donors (Lipinski definition) is 3. The Bertz CT molecular complexity index is 783. The van der Waals surface area contributed by atoms with E-state index in [-0.39, 0.29) is 11.8 Å². The predicted octanol–water partition coefficient (Wildman–Crippen LogP) is 1.55. The van der Waals surface area contributed by atoms with E-state index in [0.29, 0.717) is 0 Å². The van der Waals surface area contributed by atoms with Crippen LogP contribution in [0.4, 0.5) is 13.2 Å². The monoisotopic (exact) mass is 494 g/mol. The van der Waals surface area contributed by atoms with Crippen LogP contribution in [0.1, 0.15) is 61.3 Å². The number of nitrogens with one attached hydrogen (secondary N) is 3. The van der Waals surface area contributed by atoms with Crippen molar-refractivity contribution in [1.29, 1.82) is 0 Å². The van der Waals surface area contributed by atoms with Crippen LogP contribution in [0.5, 0.6) is 0 Å². The Labute approximate surface area is 198 Å². The van der Waals surface area contributed by atoms with Crippen LogP contribution in [0.15, 0.2) is 0 Å². The Hall–Kier alpha value is -2.66. The molecule has 0 aromatic carbocycles. The lowest BCUT2D eigenvalue weighted by Gasteiger charge is -2.33. The Morgan fingerprint density at radius 2 is 1.32 bits per heavy atom. The third-order valence-electron chi connectivity index (χ3n) is 4.67. The quantitative estimate of drug-likeness (QED) is 0.449. The molecule has 0 aromatic rings. The molecule has 0 aliphatic rings. The molecule has 0 aliphatic heterocycles. The molecule has 196 valence electrons. The summed E-state index contributed by atoms with van der Waals surface area (Å²) >= 11 is 0. The van der Waals surface area contributed by atoms with Gasteiger partial charge in [-0.3, -0.25) is 24.0 Å². The molecule has 4 amide bonds. The first-order valence-corrected chi connectivity index (χ1v) is 10.8. The summed E-state index contributed by atoms with van der Waals surface area (Å²) in [5.74, 6) is -5.10. The van der Waals surface area contributed by atoms with Crippen molar-refractivity contribution in [3.8, 4) is 0 Å². The van der Waals surface area contributed by atoms with Crippen LogP contribution in [0.3, 0.4) is 0 Å². The fourth-order valence-corrected chi connectivity index (χ4v) is 2.82. The molecular formula is C22H37F3N4O5. The van der Waals surface area contributed by atoms with E-state index in [1.165, 1.54) is 14.1 Å². The van der Waals surface area contributed by atoms with Gasteiger partial charge in [0, 0.05) is 20.5 Å². The smallest absolute Gasteiger partial charge is 0.349 e. The van der Waals surface area contributed by atoms with E-state index in [1.807, 2.05) is 26.1 Å². The van der Waals surface area contributed by atoms with Crippen molar-refractivity contribution in [3.05, 3.63) is 0 Å². The molecule has 3 atom stereocenters. The van der Waals surface area contributed by atoms with Crippen molar-refractivity contribution in [2.45, 2.75) is 85.6 Å². The fraction of sp³-hybridized carbons (Fsp3) is 0.773. The summed E-state index contributed by atoms with van der Waals surface area (Å²) in [5, 5.41) is 6.89. The molecule has 0 fully saturated rings. The van der Waals surface area contributed by atoms with Crippen LogP contribution in [0.2, 0.25) is 0 Å². The van der Waals surface area contributed by atoms with Crippen LogP contribution in [-0.4, -0.2) is 72.7 Å². The fourth-order valence-electron chi connectivity index (χ4n) is 2.82. The number of nitrogens with zero attached hydrogens (tertiary/aromatic N) is 1. The van der Waals surface area contributed by atoms with Gasteiger partial charge in [0.05, 0.1) is 12.5 Å². The van der Waals surface area contributed by atoms with Crippen LogP contribution in [0.25, 0.3) is 0 Å². The first-order valence-electron chi connectivity index (χ1n) is 10.8. The van der Waals surface area contributed by atoms with Gasteiger partial charge in [-0.25, -0.2) is 0 Å². The lowest BCUT2D eigenvalue weighted by atomic mass is 9.85. The molecule has 0 aromatic heterocycles. The second kappa shape index (κ2) is 11.7. The van der Waals surface area contributed by atoms with Gasteiger partial charge in [-0.2, -0.15) is 13.2 Å². The Morgan fingerprint density at radius 3 is 1.71 bits per heavy atom. The first kappa shape index (κ1) is 31.3. The molecule has 34 heavy (non-hydrogen) atoms. The summed E-state index contributed by atoms with van der Waals surface area (Å²) in [6.45, 7) is 11.4. The lowest BCUT2D eigenvalue weighted by Crippen LogP contribution is -2.59. The van der Waals surface area contributed by atoms with E-state index in [2.05, 4.69) is 10.6 Å². The summed E-state index contributed by atoms with van der Waals surface area (Å²) in [6, 6.07) is -4.61. The van der Waals surface area contributed by atoms with Gasteiger partial charge in [0.2, 0.25) is 23.6 Å². The molecule has 0 saturated heterocycles. The van der Waals surface area contributed by atoms with E-state index >= 15 is 0 Å². The number of Topliss-reactive ketones (excluding diaryl/α,β-unsaturated/α-hetero) is 1. The number of halogens is 3. The maximum Gasteiger partial charge on any atom is 0.452 e. The maximum absolute atomic E-state index is 13.1. The molecule has 3 N–H and O–H groups in total. The minimum Gasteiger partial charge on any atom is -0.349 e. The number of rotatable bonds is 9. The highest BCUT2D eigenvalue weighted by atomic mass is 19.4. The summed E-state index contributed by atoms with van der Waals surface area (Å²) in [7, 11) is 2.80. The van der Waals surface area contributed by atoms with Gasteiger partial charge in [-0.05, 0) is 17.8 Å². The van der Waals surface area contributed by atoms with Crippen molar-refractivity contribution in [3.63, 3.8) is 0 Å². The van der Waals surface area contributed by atoms with Crippen molar-refractivity contribution < 1.29 is 37.1 Å². The van der Waals surface area contributed by atoms with Gasteiger partial charge in [0.25, 0.3) is 5.78 Å². The SMILES string of the molecule is C[C@H](NC(=O)[C@H](CC(=O)N(C)C)NC(=O)[C@@H](NC(=O)CC(C)(C)C)C(C)(C)C)C(=O)C(F)(F)F. The minimum absolute atomic E-state index is 0.118. The highest BCUT2D eigenvalue weighted by molar-refractivity contribution is 5.97. The van der Waals surface area contributed by atoms with Crippen molar-refractivity contribution in [1.82, 2.24) is 20.9 Å². The summed E-state index contributed by atoms with van der Waals surface area (Å²) in [4.78, 5) is 62.9. The Balaban J connectivity index is 5.78. The zero-order valence-corrected chi connectivity index (χ0v) is 21.3. The molecule has 9 nitrogen and oxygen atoms in total. The molecule has 0 bridgehead atoms. The number of carbonyl (C=O) groups is 5. The molecule has 0 saturated carbocycles. The van der Waals surface area contributed by atoms with Crippen molar-refractivity contribution in [2.24, 2.45) is 10.8 Å². The Kier molecular flexibility index (Phi) is 10.7. The zero-order valence-electron chi connectivity index (χ0n) is 21.3. The lowest BCUT2D eigenvalue weighted by molar-refractivity contribution is -0.173. The number of alkyl halides is 3. The minimum atomic E-state index is -5.17. The van der Waals surface area contributed by atoms with Crippen LogP contribution in [0, 0.1) is 10.8 Å². The number of amides is 4. The maximum atomic E-state index is 13.1. The molecule has 0 unspecified atom stereocenters. The van der Waals surface area contributed by atoms with E-state index in [0.717, 1.165) is 11.8 Å². The molecule has 0 heterocycles. The molecule has 0 radical (unpaired) electrons. The molecule has 0 spiro atoms. The number of carbonyl (C=O) groups excluding carboxylic acids is 5. The summed E-state index contributed by atoms with van der Waals surface area (Å²) < 4.78 is 38.0. The van der Waals surface area contributed by atoms with Crippen LogP contribution in [-0.2, 0) is 24.0 Å². The van der Waals surface area contributed by atoms with Gasteiger partial charge in [0.1, 0.15) is 12.1 Å². The zero-order chi connectivity index (χ0) is 27.2. The van der Waals surface area contributed by atoms with Gasteiger partial charge in [-0.1, -0.05) is 41.5 Å². The largest absolute Gasteiger partial charge is 0.452 e. The van der Waals surface area contributed by atoms with Crippen molar-refractivity contribution in [2.75, 3.05) is 14.1 Å². The van der Waals surface area contributed by atoms with Gasteiger partial charge < -0.3 is 20.9 Å². The summed E-state index contributed by atoms with van der Waals surface area (Å²) in [5.41, 5.74) is -1.16. The molecular weight excluding hydrogens is 457 g/mol. The van der Waals surface area contributed by atoms with E-state index in [9.17, 15) is 37.1 Å². The average Bonchev–Trinajstić information content (AvgIpc) is 2.61. The van der Waals surface area contributed by atoms with E-state index in [1.54, 1.807) is 20.8 Å². The predicted molar refractivity (Wildman–Crippen MR) is 119 cm³/mol. The first-order chi connectivity index (χ1) is 15.1. The van der Waals surface area contributed by atoms with E-state index < -0.39 is 65.5 Å². The van der Waals surface area contributed by atoms with Crippen LogP contribution < -0.4 is 16.0 Å². The van der Waals surface area contributed by atoms with E-state index in [4.69, 9.17) is 0 Å². The highest BCUT2D eigenvalue weighted by Crippen LogP contribution is 2.23. The third-order valence-corrected chi connectivity index (χ3v) is 4.67. The number of hydrogen-bond acceptors (Lipinski definition) is 5.